The van der Waals surface area contributed by atoms with Crippen LogP contribution in [0.2, 0.25) is 0 Å². The number of amides is 1. The van der Waals surface area contributed by atoms with Crippen LogP contribution in [0.15, 0.2) is 33.6 Å². The predicted molar refractivity (Wildman–Crippen MR) is 108 cm³/mol. The van der Waals surface area contributed by atoms with Crippen LogP contribution in [-0.2, 0) is 10.0 Å². The molecule has 0 bridgehead atoms. The van der Waals surface area contributed by atoms with E-state index in [2.05, 4.69) is 34.3 Å². The van der Waals surface area contributed by atoms with Gasteiger partial charge in [0.05, 0.1) is 4.90 Å². The summed E-state index contributed by atoms with van der Waals surface area (Å²) < 4.78 is 32.1. The van der Waals surface area contributed by atoms with E-state index in [9.17, 15) is 13.2 Å². The van der Waals surface area contributed by atoms with Gasteiger partial charge in [0.2, 0.25) is 15.9 Å². The summed E-state index contributed by atoms with van der Waals surface area (Å²) in [7, 11) is -3.47. The van der Waals surface area contributed by atoms with E-state index < -0.39 is 15.9 Å². The van der Waals surface area contributed by atoms with E-state index in [0.29, 0.717) is 25.2 Å². The molecule has 0 saturated carbocycles. The molecule has 10 heteroatoms. The average Bonchev–Trinajstić information content (AvgIpc) is 3.44. The minimum absolute atomic E-state index is 0.117. The number of carbonyl (C=O) groups is 1. The molecule has 0 atom stereocenters. The summed E-state index contributed by atoms with van der Waals surface area (Å²) in [5, 5.41) is 10.5. The van der Waals surface area contributed by atoms with E-state index in [4.69, 9.17) is 4.42 Å². The molecular formula is C19H27N5O4S. The first-order chi connectivity index (χ1) is 14.0. The zero-order chi connectivity index (χ0) is 20.9. The van der Waals surface area contributed by atoms with Gasteiger partial charge in [0.25, 0.3) is 0 Å². The highest BCUT2D eigenvalue weighted by Crippen LogP contribution is 2.24. The Hall–Kier alpha value is -2.30. The maximum atomic E-state index is 12.6. The maximum Gasteiger partial charge on any atom is 0.308 e. The van der Waals surface area contributed by atoms with E-state index in [-0.39, 0.29) is 16.7 Å². The number of benzene rings is 1. The van der Waals surface area contributed by atoms with E-state index in [1.165, 1.54) is 16.4 Å². The van der Waals surface area contributed by atoms with Crippen molar-refractivity contribution in [3.05, 3.63) is 30.2 Å². The molecule has 158 valence electrons. The van der Waals surface area contributed by atoms with Crippen LogP contribution in [0, 0.1) is 0 Å². The van der Waals surface area contributed by atoms with Gasteiger partial charge in [0.1, 0.15) is 0 Å². The van der Waals surface area contributed by atoms with Crippen molar-refractivity contribution in [2.75, 3.05) is 39.3 Å². The lowest BCUT2D eigenvalue weighted by atomic mass is 10.2. The summed E-state index contributed by atoms with van der Waals surface area (Å²) in [4.78, 5) is 14.6. The molecule has 2 heterocycles. The number of hydrogen-bond donors (Lipinski definition) is 1. The Morgan fingerprint density at radius 2 is 1.79 bits per heavy atom. The average molecular weight is 422 g/mol. The van der Waals surface area contributed by atoms with Gasteiger partial charge in [0.15, 0.2) is 0 Å². The van der Waals surface area contributed by atoms with E-state index in [1.807, 2.05) is 0 Å². The quantitative estimate of drug-likeness (QED) is 0.655. The second-order valence-electron chi connectivity index (χ2n) is 6.83. The Balaban J connectivity index is 1.63. The Morgan fingerprint density at radius 1 is 1.14 bits per heavy atom. The number of sulfonamides is 1. The molecule has 1 aliphatic rings. The predicted octanol–water partition coefficient (Wildman–Crippen LogP) is 1.59. The first kappa shape index (κ1) is 21.4. The monoisotopic (exact) mass is 421 g/mol. The van der Waals surface area contributed by atoms with E-state index in [0.717, 1.165) is 32.5 Å². The number of likely N-dealkylation sites (N-methyl/N-ethyl adjacent to an activating group) is 1. The molecule has 1 amide bonds. The molecule has 1 aliphatic heterocycles. The molecule has 1 aromatic heterocycles. The highest BCUT2D eigenvalue weighted by Gasteiger charge is 2.27. The van der Waals surface area contributed by atoms with Crippen molar-refractivity contribution in [3.63, 3.8) is 0 Å². The molecule has 3 rings (SSSR count). The molecule has 1 fully saturated rings. The third-order valence-corrected chi connectivity index (χ3v) is 6.94. The fraction of sp³-hybridized carbons (Fsp3) is 0.526. The van der Waals surface area contributed by atoms with Crippen LogP contribution in [0.5, 0.6) is 0 Å². The SMILES string of the molecule is CCN(CC)CCNC(=O)c1nnc(-c2ccc(S(=O)(=O)N3CCCC3)cc2)o1. The molecule has 0 aliphatic carbocycles. The number of rotatable bonds is 9. The van der Waals surface area contributed by atoms with Crippen LogP contribution in [0.1, 0.15) is 37.4 Å². The lowest BCUT2D eigenvalue weighted by Gasteiger charge is -2.17. The molecule has 0 spiro atoms. The fourth-order valence-electron chi connectivity index (χ4n) is 3.22. The smallest absolute Gasteiger partial charge is 0.308 e. The van der Waals surface area contributed by atoms with Gasteiger partial charge in [-0.25, -0.2) is 8.42 Å². The number of nitrogens with one attached hydrogen (secondary N) is 1. The van der Waals surface area contributed by atoms with Crippen LogP contribution in [0.3, 0.4) is 0 Å². The van der Waals surface area contributed by atoms with Crippen LogP contribution in [0.25, 0.3) is 11.5 Å². The zero-order valence-corrected chi connectivity index (χ0v) is 17.6. The highest BCUT2D eigenvalue weighted by atomic mass is 32.2. The van der Waals surface area contributed by atoms with Gasteiger partial charge in [0, 0.05) is 31.7 Å². The van der Waals surface area contributed by atoms with E-state index in [1.54, 1.807) is 12.1 Å². The molecule has 29 heavy (non-hydrogen) atoms. The number of carbonyl (C=O) groups excluding carboxylic acids is 1. The first-order valence-electron chi connectivity index (χ1n) is 9.90. The third kappa shape index (κ3) is 5.01. The van der Waals surface area contributed by atoms with Crippen molar-refractivity contribution in [2.24, 2.45) is 0 Å². The molecule has 9 nitrogen and oxygen atoms in total. The molecule has 1 N–H and O–H groups in total. The second-order valence-corrected chi connectivity index (χ2v) is 8.77. The summed E-state index contributed by atoms with van der Waals surface area (Å²) in [6.07, 6.45) is 1.78. The normalized spacial score (nSPS) is 15.1. The van der Waals surface area contributed by atoms with Crippen LogP contribution in [-0.4, -0.2) is 73.0 Å². The minimum atomic E-state index is -3.47. The van der Waals surface area contributed by atoms with Crippen molar-refractivity contribution in [1.82, 2.24) is 24.7 Å². The highest BCUT2D eigenvalue weighted by molar-refractivity contribution is 7.89. The fourth-order valence-corrected chi connectivity index (χ4v) is 4.74. The van der Waals surface area contributed by atoms with Crippen LogP contribution >= 0.6 is 0 Å². The Morgan fingerprint density at radius 3 is 2.41 bits per heavy atom. The van der Waals surface area contributed by atoms with Crippen LogP contribution < -0.4 is 5.32 Å². The van der Waals surface area contributed by atoms with Crippen molar-refractivity contribution >= 4 is 15.9 Å². The van der Waals surface area contributed by atoms with Crippen molar-refractivity contribution in [2.45, 2.75) is 31.6 Å². The van der Waals surface area contributed by atoms with Gasteiger partial charge in [-0.3, -0.25) is 4.79 Å². The van der Waals surface area contributed by atoms with Crippen LogP contribution in [0.4, 0.5) is 0 Å². The molecule has 0 unspecified atom stereocenters. The van der Waals surface area contributed by atoms with Crippen molar-refractivity contribution < 1.29 is 17.6 Å². The zero-order valence-electron chi connectivity index (χ0n) is 16.8. The Bertz CT molecular complexity index is 916. The van der Waals surface area contributed by atoms with Crippen molar-refractivity contribution in [1.29, 1.82) is 0 Å². The van der Waals surface area contributed by atoms with Gasteiger partial charge in [-0.15, -0.1) is 10.2 Å². The maximum absolute atomic E-state index is 12.6. The summed E-state index contributed by atoms with van der Waals surface area (Å²) in [5.74, 6) is -0.374. The number of aromatic nitrogens is 2. The molecule has 1 aromatic carbocycles. The summed E-state index contributed by atoms with van der Waals surface area (Å²) in [6.45, 7) is 8.31. The topological polar surface area (TPSA) is 109 Å². The van der Waals surface area contributed by atoms with Gasteiger partial charge < -0.3 is 14.6 Å². The summed E-state index contributed by atoms with van der Waals surface area (Å²) in [6, 6.07) is 6.27. The Kier molecular flexibility index (Phi) is 6.99. The largest absolute Gasteiger partial charge is 0.412 e. The van der Waals surface area contributed by atoms with Gasteiger partial charge in [-0.2, -0.15) is 4.31 Å². The third-order valence-electron chi connectivity index (χ3n) is 5.03. The Labute approximate surface area is 171 Å². The molecule has 1 saturated heterocycles. The first-order valence-corrected chi connectivity index (χ1v) is 11.3. The molecular weight excluding hydrogens is 394 g/mol. The van der Waals surface area contributed by atoms with E-state index >= 15 is 0 Å². The lowest BCUT2D eigenvalue weighted by Crippen LogP contribution is -2.34. The summed E-state index contributed by atoms with van der Waals surface area (Å²) in [5.41, 5.74) is 0.556. The minimum Gasteiger partial charge on any atom is -0.412 e. The molecule has 0 radical (unpaired) electrons. The number of nitrogens with zero attached hydrogens (tertiary/aromatic N) is 4. The van der Waals surface area contributed by atoms with Gasteiger partial charge in [-0.05, 0) is 50.2 Å². The molecule has 2 aromatic rings. The standard InChI is InChI=1S/C19H27N5O4S/c1-3-23(4-2)14-11-20-17(25)19-22-21-18(28-19)15-7-9-16(10-8-15)29(26,27)24-12-5-6-13-24/h7-10H,3-6,11-14H2,1-2H3,(H,20,25). The van der Waals surface area contributed by atoms with Gasteiger partial charge >= 0.3 is 11.8 Å². The lowest BCUT2D eigenvalue weighted by molar-refractivity contribution is 0.0915. The second kappa shape index (κ2) is 9.47. The summed E-state index contributed by atoms with van der Waals surface area (Å²) >= 11 is 0. The van der Waals surface area contributed by atoms with Crippen molar-refractivity contribution in [3.8, 4) is 11.5 Å². The van der Waals surface area contributed by atoms with Gasteiger partial charge in [-0.1, -0.05) is 13.8 Å². The number of hydrogen-bond acceptors (Lipinski definition) is 7.